The van der Waals surface area contributed by atoms with E-state index in [0.29, 0.717) is 29.5 Å². The Labute approximate surface area is 175 Å². The summed E-state index contributed by atoms with van der Waals surface area (Å²) < 4.78 is 33.9. The van der Waals surface area contributed by atoms with E-state index in [1.807, 2.05) is 7.05 Å². The first-order chi connectivity index (χ1) is 13.9. The van der Waals surface area contributed by atoms with Gasteiger partial charge in [0.15, 0.2) is 6.10 Å². The molecule has 2 aromatic carbocycles. The molecule has 0 spiro atoms. The van der Waals surface area contributed by atoms with Crippen LogP contribution in [0.25, 0.3) is 0 Å². The standard InChI is InChI=1S/C20H22ClN3O4S/c1-22-10-12-23(13-11-22)20(25)19-14-24(17-4-2-3-5-18(17)28-19)29(26,27)16-8-6-15(21)7-9-16/h2-9,19H,10-14H2,1H3/t19-/m1/s1. The molecule has 4 rings (SSSR count). The normalized spacial score (nSPS) is 20.1. The average Bonchev–Trinajstić information content (AvgIpc) is 2.73. The number of benzene rings is 2. The Morgan fingerprint density at radius 2 is 1.69 bits per heavy atom. The highest BCUT2D eigenvalue weighted by Crippen LogP contribution is 2.37. The van der Waals surface area contributed by atoms with Gasteiger partial charge in [0.05, 0.1) is 17.1 Å². The maximum Gasteiger partial charge on any atom is 0.265 e. The number of sulfonamides is 1. The predicted molar refractivity (Wildman–Crippen MR) is 111 cm³/mol. The topological polar surface area (TPSA) is 70.2 Å². The second-order valence-electron chi connectivity index (χ2n) is 7.19. The van der Waals surface area contributed by atoms with E-state index in [1.54, 1.807) is 29.2 Å². The minimum absolute atomic E-state index is 0.0762. The van der Waals surface area contributed by atoms with Crippen LogP contribution >= 0.6 is 11.6 Å². The molecule has 2 aliphatic rings. The molecule has 0 aliphatic carbocycles. The number of halogens is 1. The first-order valence-electron chi connectivity index (χ1n) is 9.37. The van der Waals surface area contributed by atoms with E-state index in [2.05, 4.69) is 4.90 Å². The van der Waals surface area contributed by atoms with Gasteiger partial charge in [-0.25, -0.2) is 8.42 Å². The summed E-state index contributed by atoms with van der Waals surface area (Å²) >= 11 is 5.91. The molecule has 0 aromatic heterocycles. The number of fused-ring (bicyclic) bond motifs is 1. The van der Waals surface area contributed by atoms with Crippen LogP contribution in [-0.4, -0.2) is 70.0 Å². The van der Waals surface area contributed by atoms with Crippen molar-refractivity contribution in [3.63, 3.8) is 0 Å². The van der Waals surface area contributed by atoms with E-state index >= 15 is 0 Å². The van der Waals surface area contributed by atoms with Crippen molar-refractivity contribution in [2.45, 2.75) is 11.0 Å². The molecule has 2 aliphatic heterocycles. The average molecular weight is 436 g/mol. The Morgan fingerprint density at radius 1 is 1.03 bits per heavy atom. The summed E-state index contributed by atoms with van der Waals surface area (Å²) in [5.41, 5.74) is 0.421. The molecule has 1 atom stereocenters. The molecule has 7 nitrogen and oxygen atoms in total. The van der Waals surface area contributed by atoms with Crippen LogP contribution in [0.5, 0.6) is 5.75 Å². The largest absolute Gasteiger partial charge is 0.476 e. The van der Waals surface area contributed by atoms with Gasteiger partial charge in [0.25, 0.3) is 15.9 Å². The molecule has 29 heavy (non-hydrogen) atoms. The SMILES string of the molecule is CN1CCN(C(=O)[C@H]2CN(S(=O)(=O)c3ccc(Cl)cc3)c3ccccc3O2)CC1. The number of likely N-dealkylation sites (N-methyl/N-ethyl adjacent to an activating group) is 1. The molecule has 0 bridgehead atoms. The van der Waals surface area contributed by atoms with Crippen molar-refractivity contribution in [3.05, 3.63) is 53.6 Å². The second-order valence-corrected chi connectivity index (χ2v) is 9.49. The zero-order chi connectivity index (χ0) is 20.6. The van der Waals surface area contributed by atoms with Crippen LogP contribution in [-0.2, 0) is 14.8 Å². The van der Waals surface area contributed by atoms with Crippen LogP contribution in [0, 0.1) is 0 Å². The van der Waals surface area contributed by atoms with Gasteiger partial charge in [-0.05, 0) is 43.4 Å². The van der Waals surface area contributed by atoms with Crippen molar-refractivity contribution in [2.75, 3.05) is 44.1 Å². The smallest absolute Gasteiger partial charge is 0.265 e. The van der Waals surface area contributed by atoms with Crippen molar-refractivity contribution < 1.29 is 17.9 Å². The molecule has 9 heteroatoms. The highest BCUT2D eigenvalue weighted by Gasteiger charge is 2.39. The Bertz CT molecular complexity index is 1000. The molecule has 2 aromatic rings. The third kappa shape index (κ3) is 3.92. The number of piperazine rings is 1. The number of nitrogens with zero attached hydrogens (tertiary/aromatic N) is 3. The molecule has 0 saturated carbocycles. The van der Waals surface area contributed by atoms with Crippen LogP contribution in [0.2, 0.25) is 5.02 Å². The summed E-state index contributed by atoms with van der Waals surface area (Å²) in [4.78, 5) is 17.1. The van der Waals surface area contributed by atoms with Crippen molar-refractivity contribution in [2.24, 2.45) is 0 Å². The molecule has 0 unspecified atom stereocenters. The zero-order valence-corrected chi connectivity index (χ0v) is 17.6. The van der Waals surface area contributed by atoms with Gasteiger partial charge in [-0.3, -0.25) is 9.10 Å². The van der Waals surface area contributed by atoms with Crippen LogP contribution in [0.15, 0.2) is 53.4 Å². The second kappa shape index (κ2) is 7.85. The lowest BCUT2D eigenvalue weighted by Gasteiger charge is -2.38. The number of amides is 1. The van der Waals surface area contributed by atoms with Gasteiger partial charge in [-0.15, -0.1) is 0 Å². The Hall–Kier alpha value is -2.29. The number of ether oxygens (including phenoxy) is 1. The molecule has 1 saturated heterocycles. The summed E-state index contributed by atoms with van der Waals surface area (Å²) in [5, 5.41) is 0.453. The fourth-order valence-corrected chi connectivity index (χ4v) is 5.12. The maximum absolute atomic E-state index is 13.3. The van der Waals surface area contributed by atoms with E-state index in [-0.39, 0.29) is 17.3 Å². The number of hydrogen-bond acceptors (Lipinski definition) is 5. The summed E-state index contributed by atoms with van der Waals surface area (Å²) in [7, 11) is -1.87. The summed E-state index contributed by atoms with van der Waals surface area (Å²) in [5.74, 6) is 0.188. The van der Waals surface area contributed by atoms with E-state index in [9.17, 15) is 13.2 Å². The maximum atomic E-state index is 13.3. The van der Waals surface area contributed by atoms with Crippen molar-refractivity contribution in [1.29, 1.82) is 0 Å². The first kappa shape index (κ1) is 20.0. The Morgan fingerprint density at radius 3 is 2.38 bits per heavy atom. The minimum Gasteiger partial charge on any atom is -0.476 e. The van der Waals surface area contributed by atoms with E-state index in [0.717, 1.165) is 13.1 Å². The van der Waals surface area contributed by atoms with E-state index in [4.69, 9.17) is 16.3 Å². The summed E-state index contributed by atoms with van der Waals surface area (Å²) in [6, 6.07) is 12.9. The number of anilines is 1. The number of carbonyl (C=O) groups excluding carboxylic acids is 1. The van der Waals surface area contributed by atoms with Gasteiger partial charge in [-0.2, -0.15) is 0 Å². The lowest BCUT2D eigenvalue weighted by molar-refractivity contribution is -0.140. The highest BCUT2D eigenvalue weighted by atomic mass is 35.5. The molecule has 0 N–H and O–H groups in total. The van der Waals surface area contributed by atoms with E-state index in [1.165, 1.54) is 28.6 Å². The Kier molecular flexibility index (Phi) is 5.42. The predicted octanol–water partition coefficient (Wildman–Crippen LogP) is 2.07. The number of hydrogen-bond donors (Lipinski definition) is 0. The molecule has 0 radical (unpaired) electrons. The number of para-hydroxylation sites is 2. The molecule has 2 heterocycles. The van der Waals surface area contributed by atoms with Gasteiger partial charge in [0.1, 0.15) is 5.75 Å². The minimum atomic E-state index is -3.88. The third-order valence-electron chi connectivity index (χ3n) is 5.23. The summed E-state index contributed by atoms with van der Waals surface area (Å²) in [6.07, 6.45) is -0.893. The van der Waals surface area contributed by atoms with Crippen molar-refractivity contribution >= 4 is 33.2 Å². The molecule has 1 fully saturated rings. The van der Waals surface area contributed by atoms with Gasteiger partial charge in [0, 0.05) is 31.2 Å². The zero-order valence-electron chi connectivity index (χ0n) is 16.0. The van der Waals surface area contributed by atoms with Crippen LogP contribution in [0.1, 0.15) is 0 Å². The van der Waals surface area contributed by atoms with Crippen molar-refractivity contribution in [3.8, 4) is 5.75 Å². The van der Waals surface area contributed by atoms with Crippen LogP contribution in [0.3, 0.4) is 0 Å². The number of carbonyl (C=O) groups is 1. The van der Waals surface area contributed by atoms with Gasteiger partial charge in [0.2, 0.25) is 0 Å². The Balaban J connectivity index is 1.66. The van der Waals surface area contributed by atoms with Crippen LogP contribution < -0.4 is 9.04 Å². The van der Waals surface area contributed by atoms with Crippen molar-refractivity contribution in [1.82, 2.24) is 9.80 Å². The van der Waals surface area contributed by atoms with Gasteiger partial charge in [-0.1, -0.05) is 23.7 Å². The fraction of sp³-hybridized carbons (Fsp3) is 0.350. The molecular weight excluding hydrogens is 414 g/mol. The quantitative estimate of drug-likeness (QED) is 0.738. The van der Waals surface area contributed by atoms with Crippen LogP contribution in [0.4, 0.5) is 5.69 Å². The highest BCUT2D eigenvalue weighted by molar-refractivity contribution is 7.92. The molecule has 1 amide bonds. The van der Waals surface area contributed by atoms with Gasteiger partial charge < -0.3 is 14.5 Å². The number of rotatable bonds is 3. The molecule has 154 valence electrons. The third-order valence-corrected chi connectivity index (χ3v) is 7.27. The lowest BCUT2D eigenvalue weighted by Crippen LogP contribution is -2.55. The first-order valence-corrected chi connectivity index (χ1v) is 11.2. The monoisotopic (exact) mass is 435 g/mol. The van der Waals surface area contributed by atoms with E-state index < -0.39 is 16.1 Å². The molecular formula is C20H22ClN3O4S. The summed E-state index contributed by atoms with van der Waals surface area (Å²) in [6.45, 7) is 2.68. The fourth-order valence-electron chi connectivity index (χ4n) is 3.52. The lowest BCUT2D eigenvalue weighted by atomic mass is 10.2. The van der Waals surface area contributed by atoms with Gasteiger partial charge >= 0.3 is 0 Å².